The first-order valence-electron chi connectivity index (χ1n) is 6.25. The van der Waals surface area contributed by atoms with E-state index in [1.54, 1.807) is 7.05 Å². The molecule has 0 aliphatic carbocycles. The summed E-state index contributed by atoms with van der Waals surface area (Å²) in [6.45, 7) is 3.97. The molecule has 0 aliphatic rings. The topological polar surface area (TPSA) is 36.4 Å². The van der Waals surface area contributed by atoms with Gasteiger partial charge >= 0.3 is 0 Å². The molecule has 0 unspecified atom stereocenters. The first kappa shape index (κ1) is 14.9. The van der Waals surface area contributed by atoms with Crippen molar-refractivity contribution in [3.05, 3.63) is 35.4 Å². The first-order chi connectivity index (χ1) is 8.76. The van der Waals surface area contributed by atoms with E-state index in [4.69, 9.17) is 0 Å². The lowest BCUT2D eigenvalue weighted by Gasteiger charge is -2.11. The monoisotopic (exact) mass is 265 g/mol. The molecule has 0 aliphatic heterocycles. The highest BCUT2D eigenvalue weighted by molar-refractivity contribution is 7.98. The Morgan fingerprint density at radius 2 is 1.83 bits per heavy atom. The molecule has 0 spiro atoms. The minimum atomic E-state index is 0.885. The maximum absolute atomic E-state index is 4.19. The van der Waals surface area contributed by atoms with E-state index in [1.807, 2.05) is 11.8 Å². The van der Waals surface area contributed by atoms with Gasteiger partial charge in [-0.2, -0.15) is 11.8 Å². The van der Waals surface area contributed by atoms with Crippen molar-refractivity contribution < 1.29 is 0 Å². The van der Waals surface area contributed by atoms with E-state index in [0.29, 0.717) is 0 Å². The van der Waals surface area contributed by atoms with Gasteiger partial charge in [-0.05, 0) is 25.2 Å². The van der Waals surface area contributed by atoms with Crippen LogP contribution in [0, 0.1) is 6.92 Å². The molecule has 2 N–H and O–H groups in total. The summed E-state index contributed by atoms with van der Waals surface area (Å²) in [6.07, 6.45) is 3.12. The number of nitrogens with one attached hydrogen (secondary N) is 2. The van der Waals surface area contributed by atoms with Gasteiger partial charge in [0.05, 0.1) is 0 Å². The van der Waals surface area contributed by atoms with Crippen LogP contribution in [-0.4, -0.2) is 38.1 Å². The van der Waals surface area contributed by atoms with Crippen LogP contribution in [0.1, 0.15) is 11.1 Å². The third kappa shape index (κ3) is 5.96. The second-order valence-corrected chi connectivity index (χ2v) is 5.14. The molecule has 18 heavy (non-hydrogen) atoms. The molecule has 0 heterocycles. The number of aliphatic imine (C=N–C) groups is 1. The minimum Gasteiger partial charge on any atom is -0.356 e. The van der Waals surface area contributed by atoms with Crippen molar-refractivity contribution in [2.45, 2.75) is 13.3 Å². The zero-order valence-corrected chi connectivity index (χ0v) is 12.3. The number of rotatable bonds is 6. The molecule has 0 bridgehead atoms. The molecule has 0 radical (unpaired) electrons. The molecule has 1 rings (SSSR count). The Kier molecular flexibility index (Phi) is 7.34. The van der Waals surface area contributed by atoms with E-state index in [0.717, 1.165) is 31.2 Å². The van der Waals surface area contributed by atoms with E-state index in [1.165, 1.54) is 11.1 Å². The summed E-state index contributed by atoms with van der Waals surface area (Å²) in [5, 5.41) is 6.60. The number of thioether (sulfide) groups is 1. The highest BCUT2D eigenvalue weighted by atomic mass is 32.2. The van der Waals surface area contributed by atoms with Crippen molar-refractivity contribution in [2.24, 2.45) is 4.99 Å². The predicted octanol–water partition coefficient (Wildman–Crippen LogP) is 2.07. The van der Waals surface area contributed by atoms with E-state index >= 15 is 0 Å². The molecule has 3 nitrogen and oxygen atoms in total. The van der Waals surface area contributed by atoms with Crippen molar-refractivity contribution >= 4 is 17.7 Å². The number of hydrogen-bond acceptors (Lipinski definition) is 2. The van der Waals surface area contributed by atoms with Crippen molar-refractivity contribution in [1.82, 2.24) is 10.6 Å². The minimum absolute atomic E-state index is 0.885. The van der Waals surface area contributed by atoms with Crippen molar-refractivity contribution in [1.29, 1.82) is 0 Å². The van der Waals surface area contributed by atoms with E-state index in [-0.39, 0.29) is 0 Å². The van der Waals surface area contributed by atoms with Crippen molar-refractivity contribution in [2.75, 3.05) is 32.1 Å². The highest BCUT2D eigenvalue weighted by Gasteiger charge is 1.97. The second-order valence-electron chi connectivity index (χ2n) is 4.15. The van der Waals surface area contributed by atoms with Crippen LogP contribution in [0.25, 0.3) is 0 Å². The van der Waals surface area contributed by atoms with Crippen LogP contribution in [0.15, 0.2) is 29.3 Å². The predicted molar refractivity (Wildman–Crippen MR) is 82.6 cm³/mol. The molecule has 4 heteroatoms. The Morgan fingerprint density at radius 3 is 2.44 bits per heavy atom. The van der Waals surface area contributed by atoms with Crippen LogP contribution in [0.2, 0.25) is 0 Å². The average Bonchev–Trinajstić information content (AvgIpc) is 2.39. The fraction of sp³-hybridized carbons (Fsp3) is 0.500. The largest absolute Gasteiger partial charge is 0.356 e. The second kappa shape index (κ2) is 8.86. The Morgan fingerprint density at radius 1 is 1.17 bits per heavy atom. The summed E-state index contributed by atoms with van der Waals surface area (Å²) in [4.78, 5) is 4.19. The maximum Gasteiger partial charge on any atom is 0.191 e. The van der Waals surface area contributed by atoms with Crippen LogP contribution >= 0.6 is 11.8 Å². The lowest BCUT2D eigenvalue weighted by molar-refractivity contribution is 0.812. The van der Waals surface area contributed by atoms with Crippen LogP contribution in [-0.2, 0) is 6.42 Å². The van der Waals surface area contributed by atoms with Gasteiger partial charge < -0.3 is 10.6 Å². The molecule has 0 amide bonds. The quantitative estimate of drug-likeness (QED) is 0.470. The molecule has 0 saturated heterocycles. The molecule has 0 atom stereocenters. The summed E-state index contributed by atoms with van der Waals surface area (Å²) in [6, 6.07) is 8.67. The first-order valence-corrected chi connectivity index (χ1v) is 7.64. The molecule has 0 saturated carbocycles. The molecule has 0 fully saturated rings. The fourth-order valence-corrected chi connectivity index (χ4v) is 1.88. The summed E-state index contributed by atoms with van der Waals surface area (Å²) in [7, 11) is 1.81. The number of aryl methyl sites for hydroxylation is 1. The van der Waals surface area contributed by atoms with E-state index < -0.39 is 0 Å². The zero-order valence-electron chi connectivity index (χ0n) is 11.5. The molecule has 1 aromatic carbocycles. The van der Waals surface area contributed by atoms with Crippen LogP contribution in [0.4, 0.5) is 0 Å². The SMILES string of the molecule is CN=C(NCCSC)NCCc1ccc(C)cc1. The van der Waals surface area contributed by atoms with Gasteiger partial charge in [0.1, 0.15) is 0 Å². The highest BCUT2D eigenvalue weighted by Crippen LogP contribution is 2.02. The number of hydrogen-bond donors (Lipinski definition) is 2. The maximum atomic E-state index is 4.19. The number of nitrogens with zero attached hydrogens (tertiary/aromatic N) is 1. The van der Waals surface area contributed by atoms with Gasteiger partial charge in [-0.3, -0.25) is 4.99 Å². The third-order valence-electron chi connectivity index (χ3n) is 2.65. The molecular weight excluding hydrogens is 242 g/mol. The molecular formula is C14H23N3S. The Hall–Kier alpha value is -1.16. The molecule has 1 aromatic rings. The summed E-state index contributed by atoms with van der Waals surface area (Å²) < 4.78 is 0. The number of benzene rings is 1. The third-order valence-corrected chi connectivity index (χ3v) is 3.26. The Balaban J connectivity index is 2.25. The Bertz CT molecular complexity index is 360. The normalized spacial score (nSPS) is 11.4. The van der Waals surface area contributed by atoms with Gasteiger partial charge in [0.2, 0.25) is 0 Å². The Labute approximate surface area is 114 Å². The van der Waals surface area contributed by atoms with Gasteiger partial charge in [0.15, 0.2) is 5.96 Å². The van der Waals surface area contributed by atoms with Crippen molar-refractivity contribution in [3.8, 4) is 0 Å². The van der Waals surface area contributed by atoms with Gasteiger partial charge in [-0.15, -0.1) is 0 Å². The van der Waals surface area contributed by atoms with Gasteiger partial charge in [0, 0.05) is 25.9 Å². The van der Waals surface area contributed by atoms with E-state index in [2.05, 4.69) is 53.1 Å². The van der Waals surface area contributed by atoms with Crippen LogP contribution in [0.5, 0.6) is 0 Å². The standard InChI is InChI=1S/C14H23N3S/c1-12-4-6-13(7-5-12)8-9-16-14(15-2)17-10-11-18-3/h4-7H,8-11H2,1-3H3,(H2,15,16,17). The fourth-order valence-electron chi connectivity index (χ4n) is 1.57. The zero-order chi connectivity index (χ0) is 13.2. The lowest BCUT2D eigenvalue weighted by atomic mass is 10.1. The summed E-state index contributed by atoms with van der Waals surface area (Å²) in [5.41, 5.74) is 2.66. The average molecular weight is 265 g/mol. The van der Waals surface area contributed by atoms with E-state index in [9.17, 15) is 0 Å². The molecule has 100 valence electrons. The smallest absolute Gasteiger partial charge is 0.191 e. The number of guanidine groups is 1. The molecule has 0 aromatic heterocycles. The lowest BCUT2D eigenvalue weighted by Crippen LogP contribution is -2.39. The van der Waals surface area contributed by atoms with Crippen LogP contribution in [0.3, 0.4) is 0 Å². The summed E-state index contributed by atoms with van der Waals surface area (Å²) in [5.74, 6) is 1.98. The van der Waals surface area contributed by atoms with Gasteiger partial charge in [-0.1, -0.05) is 29.8 Å². The summed E-state index contributed by atoms with van der Waals surface area (Å²) >= 11 is 1.83. The van der Waals surface area contributed by atoms with Crippen LogP contribution < -0.4 is 10.6 Å². The van der Waals surface area contributed by atoms with Gasteiger partial charge in [0.25, 0.3) is 0 Å². The van der Waals surface area contributed by atoms with Gasteiger partial charge in [-0.25, -0.2) is 0 Å². The van der Waals surface area contributed by atoms with Crippen molar-refractivity contribution in [3.63, 3.8) is 0 Å².